The van der Waals surface area contributed by atoms with Gasteiger partial charge in [-0.2, -0.15) is 0 Å². The van der Waals surface area contributed by atoms with Gasteiger partial charge < -0.3 is 19.1 Å². The SMILES string of the molecule is COc1ccc(OCCn2ccc(C(=O)O)cc2=O)cc1. The first kappa shape index (κ1) is 14.6. The molecule has 0 atom stereocenters. The lowest BCUT2D eigenvalue weighted by Gasteiger charge is -2.09. The van der Waals surface area contributed by atoms with Gasteiger partial charge in [0.15, 0.2) is 0 Å². The molecule has 0 bridgehead atoms. The molecule has 2 rings (SSSR count). The number of nitrogens with zero attached hydrogens (tertiary/aromatic N) is 1. The first-order valence-corrected chi connectivity index (χ1v) is 6.31. The van der Waals surface area contributed by atoms with Crippen LogP contribution in [-0.4, -0.2) is 29.4 Å². The number of hydrogen-bond acceptors (Lipinski definition) is 4. The predicted molar refractivity (Wildman–Crippen MR) is 76.2 cm³/mol. The lowest BCUT2D eigenvalue weighted by Crippen LogP contribution is -2.23. The molecule has 1 N–H and O–H groups in total. The van der Waals surface area contributed by atoms with Crippen molar-refractivity contribution in [3.63, 3.8) is 0 Å². The van der Waals surface area contributed by atoms with Gasteiger partial charge in [0, 0.05) is 12.3 Å². The van der Waals surface area contributed by atoms with Gasteiger partial charge in [0.25, 0.3) is 5.56 Å². The van der Waals surface area contributed by atoms with Crippen LogP contribution in [0.2, 0.25) is 0 Å². The van der Waals surface area contributed by atoms with Gasteiger partial charge in [-0.25, -0.2) is 4.79 Å². The Bertz CT molecular complexity index is 675. The smallest absolute Gasteiger partial charge is 0.335 e. The average Bonchev–Trinajstić information content (AvgIpc) is 2.49. The van der Waals surface area contributed by atoms with E-state index in [0.29, 0.717) is 18.9 Å². The van der Waals surface area contributed by atoms with Gasteiger partial charge in [-0.3, -0.25) is 4.79 Å². The van der Waals surface area contributed by atoms with Crippen LogP contribution in [0.25, 0.3) is 0 Å². The summed E-state index contributed by atoms with van der Waals surface area (Å²) in [6.45, 7) is 0.642. The second kappa shape index (κ2) is 6.60. The molecule has 0 saturated heterocycles. The summed E-state index contributed by atoms with van der Waals surface area (Å²) in [5.74, 6) is 0.294. The molecular formula is C15H15NO5. The number of aromatic carboxylic acids is 1. The summed E-state index contributed by atoms with van der Waals surface area (Å²) in [4.78, 5) is 22.4. The molecular weight excluding hydrogens is 274 g/mol. The summed E-state index contributed by atoms with van der Waals surface area (Å²) in [5.41, 5.74) is -0.388. The van der Waals surface area contributed by atoms with Crippen LogP contribution in [0.3, 0.4) is 0 Å². The molecule has 0 radical (unpaired) electrons. The van der Waals surface area contributed by atoms with Gasteiger partial charge >= 0.3 is 5.97 Å². The maximum atomic E-state index is 11.7. The number of benzene rings is 1. The number of carboxylic acids is 1. The molecule has 0 fully saturated rings. The van der Waals surface area contributed by atoms with Crippen LogP contribution in [0.4, 0.5) is 0 Å². The van der Waals surface area contributed by atoms with Gasteiger partial charge in [-0.15, -0.1) is 0 Å². The zero-order valence-corrected chi connectivity index (χ0v) is 11.5. The van der Waals surface area contributed by atoms with Gasteiger partial charge in [-0.1, -0.05) is 0 Å². The fourth-order valence-corrected chi connectivity index (χ4v) is 1.76. The van der Waals surface area contributed by atoms with Gasteiger partial charge in [-0.05, 0) is 30.3 Å². The van der Waals surface area contributed by atoms with Crippen molar-refractivity contribution < 1.29 is 19.4 Å². The normalized spacial score (nSPS) is 10.1. The summed E-state index contributed by atoms with van der Waals surface area (Å²) in [6.07, 6.45) is 1.45. The highest BCUT2D eigenvalue weighted by Gasteiger charge is 2.05. The van der Waals surface area contributed by atoms with Crippen molar-refractivity contribution in [1.82, 2.24) is 4.57 Å². The fourth-order valence-electron chi connectivity index (χ4n) is 1.76. The zero-order valence-electron chi connectivity index (χ0n) is 11.5. The van der Waals surface area contributed by atoms with Crippen molar-refractivity contribution in [3.8, 4) is 11.5 Å². The number of aromatic nitrogens is 1. The molecule has 1 aromatic heterocycles. The van der Waals surface area contributed by atoms with Crippen LogP contribution in [0, 0.1) is 0 Å². The number of carbonyl (C=O) groups is 1. The van der Waals surface area contributed by atoms with Crippen molar-refractivity contribution in [1.29, 1.82) is 0 Å². The van der Waals surface area contributed by atoms with Crippen molar-refractivity contribution in [2.45, 2.75) is 6.54 Å². The minimum absolute atomic E-state index is 0.0210. The number of carboxylic acid groups (broad SMARTS) is 1. The Kier molecular flexibility index (Phi) is 4.61. The van der Waals surface area contributed by atoms with Crippen molar-refractivity contribution in [3.05, 3.63) is 58.5 Å². The Morgan fingerprint density at radius 1 is 1.19 bits per heavy atom. The van der Waals surface area contributed by atoms with Crippen molar-refractivity contribution in [2.24, 2.45) is 0 Å². The van der Waals surface area contributed by atoms with Gasteiger partial charge in [0.2, 0.25) is 0 Å². The fraction of sp³-hybridized carbons (Fsp3) is 0.200. The Labute approximate surface area is 121 Å². The summed E-state index contributed by atoms with van der Waals surface area (Å²) in [6, 6.07) is 9.59. The number of pyridine rings is 1. The molecule has 1 heterocycles. The minimum atomic E-state index is -1.12. The van der Waals surface area contributed by atoms with Crippen molar-refractivity contribution in [2.75, 3.05) is 13.7 Å². The molecule has 0 aliphatic carbocycles. The van der Waals surface area contributed by atoms with E-state index in [1.54, 1.807) is 31.4 Å². The number of methoxy groups -OCH3 is 1. The molecule has 0 unspecified atom stereocenters. The highest BCUT2D eigenvalue weighted by atomic mass is 16.5. The third-order valence-corrected chi connectivity index (χ3v) is 2.90. The van der Waals surface area contributed by atoms with E-state index in [1.807, 2.05) is 0 Å². The molecule has 0 aliphatic heterocycles. The van der Waals surface area contributed by atoms with E-state index in [-0.39, 0.29) is 11.1 Å². The van der Waals surface area contributed by atoms with Gasteiger partial charge in [0.05, 0.1) is 19.2 Å². The van der Waals surface area contributed by atoms with Crippen molar-refractivity contribution >= 4 is 5.97 Å². The largest absolute Gasteiger partial charge is 0.497 e. The first-order chi connectivity index (χ1) is 10.1. The van der Waals surface area contributed by atoms with Gasteiger partial charge in [0.1, 0.15) is 18.1 Å². The molecule has 110 valence electrons. The van der Waals surface area contributed by atoms with E-state index < -0.39 is 5.97 Å². The third-order valence-electron chi connectivity index (χ3n) is 2.90. The Hall–Kier alpha value is -2.76. The Morgan fingerprint density at radius 2 is 1.86 bits per heavy atom. The van der Waals surface area contributed by atoms with Crippen LogP contribution in [0.5, 0.6) is 11.5 Å². The molecule has 2 aromatic rings. The van der Waals surface area contributed by atoms with Crippen LogP contribution >= 0.6 is 0 Å². The summed E-state index contributed by atoms with van der Waals surface area (Å²) >= 11 is 0. The quantitative estimate of drug-likeness (QED) is 0.874. The van der Waals surface area contributed by atoms with Crippen LogP contribution < -0.4 is 15.0 Å². The molecule has 0 spiro atoms. The maximum Gasteiger partial charge on any atom is 0.335 e. The minimum Gasteiger partial charge on any atom is -0.497 e. The van der Waals surface area contributed by atoms with Crippen LogP contribution in [0.1, 0.15) is 10.4 Å². The number of rotatable bonds is 6. The number of hydrogen-bond donors (Lipinski definition) is 1. The molecule has 0 aliphatic rings. The van der Waals surface area contributed by atoms with E-state index in [0.717, 1.165) is 11.8 Å². The summed E-state index contributed by atoms with van der Waals surface area (Å²) in [5, 5.41) is 8.78. The predicted octanol–water partition coefficient (Wildman–Crippen LogP) is 1.63. The number of ether oxygens (including phenoxy) is 2. The molecule has 0 amide bonds. The summed E-state index contributed by atoms with van der Waals surface area (Å²) < 4.78 is 11.9. The summed E-state index contributed by atoms with van der Waals surface area (Å²) in [7, 11) is 1.59. The molecule has 21 heavy (non-hydrogen) atoms. The van der Waals surface area contributed by atoms with Crippen LogP contribution in [-0.2, 0) is 6.54 Å². The van der Waals surface area contributed by atoms with E-state index in [9.17, 15) is 9.59 Å². The lowest BCUT2D eigenvalue weighted by atomic mass is 10.3. The highest BCUT2D eigenvalue weighted by Crippen LogP contribution is 2.16. The zero-order chi connectivity index (χ0) is 15.2. The van der Waals surface area contributed by atoms with E-state index in [2.05, 4.69) is 0 Å². The Balaban J connectivity index is 1.93. The van der Waals surface area contributed by atoms with E-state index >= 15 is 0 Å². The highest BCUT2D eigenvalue weighted by molar-refractivity contribution is 5.87. The van der Waals surface area contributed by atoms with E-state index in [4.69, 9.17) is 14.6 Å². The lowest BCUT2D eigenvalue weighted by molar-refractivity contribution is 0.0696. The monoisotopic (exact) mass is 289 g/mol. The maximum absolute atomic E-state index is 11.7. The molecule has 0 saturated carbocycles. The molecule has 6 nitrogen and oxygen atoms in total. The molecule has 1 aromatic carbocycles. The third kappa shape index (κ3) is 3.85. The second-order valence-electron chi connectivity index (χ2n) is 4.28. The first-order valence-electron chi connectivity index (χ1n) is 6.31. The topological polar surface area (TPSA) is 77.8 Å². The van der Waals surface area contributed by atoms with Crippen LogP contribution in [0.15, 0.2) is 47.4 Å². The molecule has 6 heteroatoms. The Morgan fingerprint density at radius 3 is 2.43 bits per heavy atom. The average molecular weight is 289 g/mol. The standard InChI is InChI=1S/C15H15NO5/c1-20-12-2-4-13(5-3-12)21-9-8-16-7-6-11(15(18)19)10-14(16)17/h2-7,10H,8-9H2,1H3,(H,18,19). The van der Waals surface area contributed by atoms with E-state index in [1.165, 1.54) is 16.8 Å². The second-order valence-corrected chi connectivity index (χ2v) is 4.28.